The molecule has 132 valence electrons. The maximum absolute atomic E-state index is 11.8. The monoisotopic (exact) mass is 340 g/mol. The number of fused-ring (bicyclic) bond motifs is 1. The fourth-order valence-electron chi connectivity index (χ4n) is 3.42. The summed E-state index contributed by atoms with van der Waals surface area (Å²) in [4.78, 5) is 13.7. The Morgan fingerprint density at radius 3 is 2.60 bits per heavy atom. The number of hydrogen-bond donors (Lipinski definition) is 2. The summed E-state index contributed by atoms with van der Waals surface area (Å²) in [6.45, 7) is 4.43. The van der Waals surface area contributed by atoms with E-state index in [4.69, 9.17) is 10.5 Å². The van der Waals surface area contributed by atoms with Gasteiger partial charge in [-0.1, -0.05) is 36.4 Å². The zero-order chi connectivity index (χ0) is 18.0. The Morgan fingerprint density at radius 2 is 1.92 bits per heavy atom. The lowest BCUT2D eigenvalue weighted by Gasteiger charge is -2.28. The van der Waals surface area contributed by atoms with E-state index in [0.29, 0.717) is 13.0 Å². The van der Waals surface area contributed by atoms with Crippen LogP contribution in [0.1, 0.15) is 16.7 Å². The smallest absolute Gasteiger partial charge is 0.240 e. The number of aliphatic hydroxyl groups excluding tert-OH is 1. The molecule has 1 heterocycles. The highest BCUT2D eigenvalue weighted by molar-refractivity contribution is 5.86. The fraction of sp³-hybridized carbons (Fsp3) is 0.350. The molecule has 0 bridgehead atoms. The molecule has 2 aromatic carbocycles. The second kappa shape index (κ2) is 7.15. The summed E-state index contributed by atoms with van der Waals surface area (Å²) >= 11 is 0. The third-order valence-corrected chi connectivity index (χ3v) is 4.66. The second-order valence-corrected chi connectivity index (χ2v) is 6.59. The first-order chi connectivity index (χ1) is 12.0. The van der Waals surface area contributed by atoms with E-state index in [2.05, 4.69) is 0 Å². The van der Waals surface area contributed by atoms with Crippen molar-refractivity contribution >= 4 is 11.6 Å². The lowest BCUT2D eigenvalue weighted by Crippen LogP contribution is -2.47. The minimum absolute atomic E-state index is 0.163. The molecular weight excluding hydrogens is 316 g/mol. The topological polar surface area (TPSA) is 75.8 Å². The lowest BCUT2D eigenvalue weighted by molar-refractivity contribution is -0.119. The lowest BCUT2D eigenvalue weighted by atomic mass is 10.1. The van der Waals surface area contributed by atoms with Gasteiger partial charge in [0.1, 0.15) is 24.5 Å². The van der Waals surface area contributed by atoms with Gasteiger partial charge in [0.2, 0.25) is 5.91 Å². The van der Waals surface area contributed by atoms with E-state index in [1.807, 2.05) is 61.2 Å². The zero-order valence-corrected chi connectivity index (χ0v) is 14.6. The van der Waals surface area contributed by atoms with Gasteiger partial charge in [-0.15, -0.1) is 0 Å². The maximum atomic E-state index is 11.8. The number of β-amino-alcohol motifs (C(OH)–C–C–N with tert-alkyl or cyclic N) is 1. The second-order valence-electron chi connectivity index (χ2n) is 6.59. The van der Waals surface area contributed by atoms with Gasteiger partial charge in [-0.05, 0) is 36.6 Å². The molecule has 0 saturated carbocycles. The molecule has 1 aliphatic heterocycles. The minimum Gasteiger partial charge on any atom is -0.490 e. The molecule has 25 heavy (non-hydrogen) atoms. The summed E-state index contributed by atoms with van der Waals surface area (Å²) in [5, 5.41) is 10.5. The molecule has 5 nitrogen and oxygen atoms in total. The van der Waals surface area contributed by atoms with Gasteiger partial charge in [0.05, 0.1) is 0 Å². The number of nitrogens with zero attached hydrogens (tertiary/aromatic N) is 1. The first-order valence-corrected chi connectivity index (χ1v) is 8.48. The van der Waals surface area contributed by atoms with Crippen LogP contribution in [0.25, 0.3) is 0 Å². The van der Waals surface area contributed by atoms with Crippen LogP contribution in [0.2, 0.25) is 0 Å². The standard InChI is InChI=1S/C20H24N2O3/c1-13-6-5-7-14(2)19(13)25-12-16(23)11-22-17-9-4-3-8-15(17)10-18(22)20(21)24/h3-9,16,18,23H,10-12H2,1-2H3,(H2,21,24)/t16?,18-/m0/s1. The van der Waals surface area contributed by atoms with Gasteiger partial charge in [0, 0.05) is 18.7 Å². The van der Waals surface area contributed by atoms with Gasteiger partial charge >= 0.3 is 0 Å². The van der Waals surface area contributed by atoms with Crippen molar-refractivity contribution < 1.29 is 14.6 Å². The molecule has 1 amide bonds. The third kappa shape index (κ3) is 3.61. The number of anilines is 1. The summed E-state index contributed by atoms with van der Waals surface area (Å²) in [5.74, 6) is 0.425. The highest BCUT2D eigenvalue weighted by Crippen LogP contribution is 2.32. The highest BCUT2D eigenvalue weighted by atomic mass is 16.5. The molecule has 0 aliphatic carbocycles. The fourth-order valence-corrected chi connectivity index (χ4v) is 3.42. The van der Waals surface area contributed by atoms with Crippen LogP contribution in [0, 0.1) is 13.8 Å². The average molecular weight is 340 g/mol. The molecule has 5 heteroatoms. The van der Waals surface area contributed by atoms with Crippen molar-refractivity contribution in [2.75, 3.05) is 18.1 Å². The summed E-state index contributed by atoms with van der Waals surface area (Å²) in [7, 11) is 0. The molecule has 0 saturated heterocycles. The number of hydrogen-bond acceptors (Lipinski definition) is 4. The number of primary amides is 1. The number of nitrogens with two attached hydrogens (primary N) is 1. The van der Waals surface area contributed by atoms with Gasteiger partial charge < -0.3 is 20.5 Å². The summed E-state index contributed by atoms with van der Waals surface area (Å²) in [5.41, 5.74) is 9.66. The number of aliphatic hydroxyl groups is 1. The predicted molar refractivity (Wildman–Crippen MR) is 97.9 cm³/mol. The molecule has 1 aliphatic rings. The van der Waals surface area contributed by atoms with Crippen LogP contribution in [0.15, 0.2) is 42.5 Å². The highest BCUT2D eigenvalue weighted by Gasteiger charge is 2.33. The van der Waals surface area contributed by atoms with Crippen molar-refractivity contribution in [2.24, 2.45) is 5.73 Å². The largest absolute Gasteiger partial charge is 0.490 e. The van der Waals surface area contributed by atoms with Crippen LogP contribution in [-0.2, 0) is 11.2 Å². The Morgan fingerprint density at radius 1 is 1.24 bits per heavy atom. The molecule has 1 unspecified atom stereocenters. The molecule has 0 fully saturated rings. The van der Waals surface area contributed by atoms with Crippen LogP contribution in [0.3, 0.4) is 0 Å². The normalized spacial score (nSPS) is 17.2. The molecule has 3 rings (SSSR count). The molecule has 2 atom stereocenters. The number of para-hydroxylation sites is 2. The number of carbonyl (C=O) groups excluding carboxylic acids is 1. The third-order valence-electron chi connectivity index (χ3n) is 4.66. The number of rotatable bonds is 6. The quantitative estimate of drug-likeness (QED) is 0.843. The first kappa shape index (κ1) is 17.3. The SMILES string of the molecule is Cc1cccc(C)c1OCC(O)CN1c2ccccc2C[C@H]1C(N)=O. The number of benzene rings is 2. The van der Waals surface area contributed by atoms with Crippen molar-refractivity contribution in [3.63, 3.8) is 0 Å². The first-order valence-electron chi connectivity index (χ1n) is 8.48. The Balaban J connectivity index is 1.69. The Kier molecular flexibility index (Phi) is 4.95. The van der Waals surface area contributed by atoms with Crippen LogP contribution >= 0.6 is 0 Å². The van der Waals surface area contributed by atoms with E-state index < -0.39 is 12.1 Å². The van der Waals surface area contributed by atoms with Crippen molar-refractivity contribution in [3.8, 4) is 5.75 Å². The molecular formula is C20H24N2O3. The summed E-state index contributed by atoms with van der Waals surface area (Å²) in [6.07, 6.45) is -0.150. The van der Waals surface area contributed by atoms with Crippen molar-refractivity contribution in [1.82, 2.24) is 0 Å². The van der Waals surface area contributed by atoms with E-state index in [0.717, 1.165) is 28.1 Å². The Bertz CT molecular complexity index is 755. The average Bonchev–Trinajstić information content (AvgIpc) is 2.93. The van der Waals surface area contributed by atoms with Gasteiger partial charge in [-0.2, -0.15) is 0 Å². The van der Waals surface area contributed by atoms with E-state index >= 15 is 0 Å². The van der Waals surface area contributed by atoms with Crippen molar-refractivity contribution in [1.29, 1.82) is 0 Å². The molecule has 0 radical (unpaired) electrons. The van der Waals surface area contributed by atoms with Crippen LogP contribution in [-0.4, -0.2) is 36.3 Å². The van der Waals surface area contributed by atoms with E-state index in [1.54, 1.807) is 0 Å². The molecule has 3 N–H and O–H groups in total. The van der Waals surface area contributed by atoms with Crippen LogP contribution in [0.5, 0.6) is 5.75 Å². The van der Waals surface area contributed by atoms with Gasteiger partial charge in [-0.25, -0.2) is 0 Å². The van der Waals surface area contributed by atoms with E-state index in [-0.39, 0.29) is 12.5 Å². The number of amides is 1. The predicted octanol–water partition coefficient (Wildman–Crippen LogP) is 1.96. The van der Waals surface area contributed by atoms with Crippen LogP contribution in [0.4, 0.5) is 5.69 Å². The van der Waals surface area contributed by atoms with Crippen molar-refractivity contribution in [3.05, 3.63) is 59.2 Å². The number of carbonyl (C=O) groups is 1. The van der Waals surface area contributed by atoms with Gasteiger partial charge in [-0.3, -0.25) is 4.79 Å². The minimum atomic E-state index is -0.730. The Labute approximate surface area is 148 Å². The molecule has 0 aromatic heterocycles. The van der Waals surface area contributed by atoms with Crippen molar-refractivity contribution in [2.45, 2.75) is 32.4 Å². The Hall–Kier alpha value is -2.53. The zero-order valence-electron chi connectivity index (χ0n) is 14.6. The molecule has 2 aromatic rings. The number of aryl methyl sites for hydroxylation is 2. The van der Waals surface area contributed by atoms with E-state index in [9.17, 15) is 9.90 Å². The van der Waals surface area contributed by atoms with Gasteiger partial charge in [0.15, 0.2) is 0 Å². The number of ether oxygens (including phenoxy) is 1. The molecule has 0 spiro atoms. The van der Waals surface area contributed by atoms with Crippen LogP contribution < -0.4 is 15.4 Å². The summed E-state index contributed by atoms with van der Waals surface area (Å²) < 4.78 is 5.83. The summed E-state index contributed by atoms with van der Waals surface area (Å²) in [6, 6.07) is 13.3. The van der Waals surface area contributed by atoms with E-state index in [1.165, 1.54) is 0 Å². The maximum Gasteiger partial charge on any atom is 0.240 e. The van der Waals surface area contributed by atoms with Gasteiger partial charge in [0.25, 0.3) is 0 Å².